The number of nitrogens with one attached hydrogen (secondary N) is 1. The zero-order valence-electron chi connectivity index (χ0n) is 17.2. The van der Waals surface area contributed by atoms with E-state index in [0.717, 1.165) is 61.0 Å². The zero-order valence-corrected chi connectivity index (χ0v) is 17.2. The van der Waals surface area contributed by atoms with Crippen molar-refractivity contribution in [3.05, 3.63) is 60.0 Å². The van der Waals surface area contributed by atoms with Gasteiger partial charge in [-0.2, -0.15) is 0 Å². The molecule has 1 fully saturated rings. The molecule has 0 amide bonds. The number of piperazine rings is 1. The number of nitrogens with zero attached hydrogens (tertiary/aromatic N) is 4. The van der Waals surface area contributed by atoms with Gasteiger partial charge in [-0.25, -0.2) is 19.6 Å². The first kappa shape index (κ1) is 22.2. The lowest BCUT2D eigenvalue weighted by atomic mass is 10.3. The number of hydrogen-bond acceptors (Lipinski definition) is 7. The summed E-state index contributed by atoms with van der Waals surface area (Å²) < 4.78 is 7.82. The highest BCUT2D eigenvalue weighted by Gasteiger charge is 2.18. The van der Waals surface area contributed by atoms with Crippen molar-refractivity contribution in [3.63, 3.8) is 0 Å². The lowest BCUT2D eigenvalue weighted by Crippen LogP contribution is -2.43. The van der Waals surface area contributed by atoms with Crippen LogP contribution in [-0.4, -0.2) is 67.8 Å². The average molecular weight is 427 g/mol. The fraction of sp³-hybridized carbons (Fsp3) is 0.333. The molecule has 0 spiro atoms. The number of furan rings is 1. The number of rotatable bonds is 6. The number of imidazole rings is 1. The van der Waals surface area contributed by atoms with Crippen LogP contribution in [0.4, 0.5) is 0 Å². The highest BCUT2D eigenvalue weighted by Crippen LogP contribution is 2.19. The van der Waals surface area contributed by atoms with Crippen LogP contribution in [0.2, 0.25) is 0 Å². The lowest BCUT2D eigenvalue weighted by Gasteiger charge is -2.26. The number of carbonyl (C=O) groups is 2. The summed E-state index contributed by atoms with van der Waals surface area (Å²) in [5, 5.41) is 19.0. The van der Waals surface area contributed by atoms with Gasteiger partial charge in [0.2, 0.25) is 0 Å². The second-order valence-corrected chi connectivity index (χ2v) is 7.02. The van der Waals surface area contributed by atoms with E-state index in [9.17, 15) is 9.59 Å². The molecular weight excluding hydrogens is 402 g/mol. The quantitative estimate of drug-likeness (QED) is 0.500. The molecule has 10 heteroatoms. The van der Waals surface area contributed by atoms with Crippen LogP contribution in [0.25, 0.3) is 11.2 Å². The average Bonchev–Trinajstić information content (AvgIpc) is 3.31. The molecule has 31 heavy (non-hydrogen) atoms. The molecule has 0 unspecified atom stereocenters. The number of aromatic nitrogens is 3. The van der Waals surface area contributed by atoms with E-state index in [2.05, 4.69) is 26.7 Å². The van der Waals surface area contributed by atoms with Crippen LogP contribution in [0.15, 0.2) is 47.2 Å². The Balaban J connectivity index is 0.000000293. The summed E-state index contributed by atoms with van der Waals surface area (Å²) in [5.74, 6) is -0.493. The summed E-state index contributed by atoms with van der Waals surface area (Å²) in [6.07, 6.45) is 4.68. The van der Waals surface area contributed by atoms with Crippen molar-refractivity contribution in [1.82, 2.24) is 24.8 Å². The van der Waals surface area contributed by atoms with Crippen LogP contribution in [-0.2, 0) is 22.7 Å². The molecule has 0 atom stereocenters. The van der Waals surface area contributed by atoms with Crippen molar-refractivity contribution in [3.8, 4) is 0 Å². The summed E-state index contributed by atoms with van der Waals surface area (Å²) >= 11 is 0. The number of pyridine rings is 1. The Morgan fingerprint density at radius 2 is 1.87 bits per heavy atom. The summed E-state index contributed by atoms with van der Waals surface area (Å²) in [6, 6.07) is 5.96. The van der Waals surface area contributed by atoms with Crippen molar-refractivity contribution in [2.75, 3.05) is 26.2 Å². The van der Waals surface area contributed by atoms with Gasteiger partial charge in [0.05, 0.1) is 19.4 Å². The molecule has 164 valence electrons. The van der Waals surface area contributed by atoms with Crippen molar-refractivity contribution in [2.24, 2.45) is 0 Å². The number of hydrogen-bond donors (Lipinski definition) is 3. The molecule has 3 aromatic heterocycles. The third-order valence-electron chi connectivity index (χ3n) is 4.80. The van der Waals surface area contributed by atoms with Crippen molar-refractivity contribution in [2.45, 2.75) is 20.0 Å². The number of fused-ring (bicyclic) bond motifs is 1. The largest absolute Gasteiger partial charge is 0.478 e. The van der Waals surface area contributed by atoms with Gasteiger partial charge in [0, 0.05) is 44.5 Å². The molecule has 0 aliphatic carbocycles. The van der Waals surface area contributed by atoms with Crippen molar-refractivity contribution < 1.29 is 24.2 Å². The molecule has 0 saturated carbocycles. The van der Waals surface area contributed by atoms with Crippen molar-refractivity contribution >= 4 is 23.1 Å². The maximum Gasteiger partial charge on any atom is 0.328 e. The first-order valence-electron chi connectivity index (χ1n) is 9.84. The SMILES string of the molecule is Cc1ccoc1Cn1c(CN2CCNCC2)nc2cccnc21.O=C(O)/C=C/C(=O)O. The first-order chi connectivity index (χ1) is 14.9. The Hall–Kier alpha value is -3.50. The smallest absolute Gasteiger partial charge is 0.328 e. The Labute approximate surface area is 178 Å². The minimum absolute atomic E-state index is 0.558. The first-order valence-corrected chi connectivity index (χ1v) is 9.84. The number of carboxylic acid groups (broad SMARTS) is 2. The maximum atomic E-state index is 9.55. The van der Waals surface area contributed by atoms with Crippen LogP contribution in [0, 0.1) is 6.92 Å². The van der Waals surface area contributed by atoms with E-state index in [0.29, 0.717) is 18.7 Å². The minimum atomic E-state index is -1.26. The Bertz CT molecular complexity index is 1050. The van der Waals surface area contributed by atoms with Crippen molar-refractivity contribution in [1.29, 1.82) is 0 Å². The van der Waals surface area contributed by atoms with Gasteiger partial charge in [-0.3, -0.25) is 4.90 Å². The monoisotopic (exact) mass is 427 g/mol. The normalized spacial score (nSPS) is 14.5. The standard InChI is InChI=1S/C17H21N5O.C4H4O4/c1-13-4-10-23-15(13)11-22-16(12-21-8-6-18-7-9-21)20-14-3-2-5-19-17(14)22;5-3(6)1-2-4(7)8/h2-5,10,18H,6-9,11-12H2,1H3;1-2H,(H,5,6)(H,7,8)/b;2-1+. The van der Waals surface area contributed by atoms with Crippen LogP contribution >= 0.6 is 0 Å². The van der Waals surface area contributed by atoms with Crippen LogP contribution < -0.4 is 5.32 Å². The molecule has 4 heterocycles. The molecule has 10 nitrogen and oxygen atoms in total. The highest BCUT2D eigenvalue weighted by molar-refractivity contribution is 5.89. The molecule has 1 aliphatic heterocycles. The Morgan fingerprint density at radius 3 is 2.48 bits per heavy atom. The molecule has 1 aliphatic rings. The van der Waals surface area contributed by atoms with E-state index in [-0.39, 0.29) is 0 Å². The van der Waals surface area contributed by atoms with Gasteiger partial charge in [0.1, 0.15) is 17.1 Å². The molecule has 1 saturated heterocycles. The second kappa shape index (κ2) is 10.5. The molecule has 3 aromatic rings. The van der Waals surface area contributed by atoms with E-state index in [4.69, 9.17) is 19.6 Å². The van der Waals surface area contributed by atoms with Crippen LogP contribution in [0.5, 0.6) is 0 Å². The third kappa shape index (κ3) is 6.24. The van der Waals surface area contributed by atoms with E-state index in [1.54, 1.807) is 6.26 Å². The van der Waals surface area contributed by atoms with E-state index in [1.165, 1.54) is 0 Å². The van der Waals surface area contributed by atoms with Gasteiger partial charge in [-0.15, -0.1) is 0 Å². The molecule has 3 N–H and O–H groups in total. The molecular formula is C21H25N5O5. The van der Waals surface area contributed by atoms with E-state index >= 15 is 0 Å². The van der Waals surface area contributed by atoms with Gasteiger partial charge in [0.25, 0.3) is 0 Å². The molecule has 0 aromatic carbocycles. The van der Waals surface area contributed by atoms with Gasteiger partial charge < -0.3 is 24.5 Å². The fourth-order valence-corrected chi connectivity index (χ4v) is 3.21. The van der Waals surface area contributed by atoms with Crippen LogP contribution in [0.1, 0.15) is 17.1 Å². The van der Waals surface area contributed by atoms with Gasteiger partial charge >= 0.3 is 11.9 Å². The topological polar surface area (TPSA) is 134 Å². The number of aliphatic carboxylic acids is 2. The summed E-state index contributed by atoms with van der Waals surface area (Å²) in [5.41, 5.74) is 3.03. The summed E-state index contributed by atoms with van der Waals surface area (Å²) in [4.78, 5) is 30.9. The third-order valence-corrected chi connectivity index (χ3v) is 4.80. The fourth-order valence-electron chi connectivity index (χ4n) is 3.21. The molecule has 4 rings (SSSR count). The molecule has 0 bridgehead atoms. The second-order valence-electron chi connectivity index (χ2n) is 7.02. The van der Waals surface area contributed by atoms with Gasteiger partial charge in [-0.05, 0) is 30.7 Å². The molecule has 0 radical (unpaired) electrons. The summed E-state index contributed by atoms with van der Waals surface area (Å²) in [7, 11) is 0. The highest BCUT2D eigenvalue weighted by atomic mass is 16.4. The van der Waals surface area contributed by atoms with Gasteiger partial charge in [0.15, 0.2) is 5.65 Å². The summed E-state index contributed by atoms with van der Waals surface area (Å²) in [6.45, 7) is 7.77. The lowest BCUT2D eigenvalue weighted by molar-refractivity contribution is -0.134. The predicted molar refractivity (Wildman–Crippen MR) is 113 cm³/mol. The number of aryl methyl sites for hydroxylation is 1. The zero-order chi connectivity index (χ0) is 22.2. The minimum Gasteiger partial charge on any atom is -0.478 e. The van der Waals surface area contributed by atoms with E-state index in [1.807, 2.05) is 24.4 Å². The number of carboxylic acids is 2. The maximum absolute atomic E-state index is 9.55. The Morgan fingerprint density at radius 1 is 1.16 bits per heavy atom. The predicted octanol–water partition coefficient (Wildman–Crippen LogP) is 1.50. The Kier molecular flexibility index (Phi) is 7.52. The van der Waals surface area contributed by atoms with E-state index < -0.39 is 11.9 Å². The van der Waals surface area contributed by atoms with Crippen LogP contribution in [0.3, 0.4) is 0 Å². The van der Waals surface area contributed by atoms with Gasteiger partial charge in [-0.1, -0.05) is 0 Å².